The summed E-state index contributed by atoms with van der Waals surface area (Å²) in [4.78, 5) is 33.1. The summed E-state index contributed by atoms with van der Waals surface area (Å²) in [7, 11) is 0. The van der Waals surface area contributed by atoms with E-state index in [0.717, 1.165) is 31.0 Å². The Labute approximate surface area is 254 Å². The molecule has 3 heterocycles. The van der Waals surface area contributed by atoms with Gasteiger partial charge in [0.15, 0.2) is 0 Å². The Balaban J connectivity index is 1.43. The number of oxazole rings is 1. The molecule has 2 saturated heterocycles. The SMILES string of the molecule is CCCO[C@H]1CN[C@@H]([C@@H](O)[C@H](Cc2cc(F)cc(F)c2)NC(=O)c2cc(C(=O)N3CCC[C@@H]3CO)cc(-c3ncco3)c2)C1. The van der Waals surface area contributed by atoms with Crippen LogP contribution in [0.25, 0.3) is 11.5 Å². The smallest absolute Gasteiger partial charge is 0.254 e. The Morgan fingerprint density at radius 1 is 1.18 bits per heavy atom. The van der Waals surface area contributed by atoms with Gasteiger partial charge in [0.25, 0.3) is 11.8 Å². The molecule has 2 aliphatic heterocycles. The first-order chi connectivity index (χ1) is 21.2. The van der Waals surface area contributed by atoms with E-state index >= 15 is 0 Å². The predicted molar refractivity (Wildman–Crippen MR) is 157 cm³/mol. The van der Waals surface area contributed by atoms with E-state index in [-0.39, 0.29) is 53.7 Å². The Morgan fingerprint density at radius 3 is 2.66 bits per heavy atom. The van der Waals surface area contributed by atoms with E-state index in [9.17, 15) is 28.6 Å². The summed E-state index contributed by atoms with van der Waals surface area (Å²) >= 11 is 0. The fourth-order valence-corrected chi connectivity index (χ4v) is 6.01. The maximum atomic E-state index is 14.1. The molecule has 5 atom stereocenters. The average molecular weight is 613 g/mol. The zero-order chi connectivity index (χ0) is 31.2. The van der Waals surface area contributed by atoms with Gasteiger partial charge in [-0.05, 0) is 68.0 Å². The molecule has 2 aromatic carbocycles. The van der Waals surface area contributed by atoms with Gasteiger partial charge in [0.2, 0.25) is 5.89 Å². The van der Waals surface area contributed by atoms with Crippen LogP contribution in [0.5, 0.6) is 0 Å². The molecule has 0 bridgehead atoms. The van der Waals surface area contributed by atoms with Gasteiger partial charge >= 0.3 is 0 Å². The highest BCUT2D eigenvalue weighted by atomic mass is 19.1. The summed E-state index contributed by atoms with van der Waals surface area (Å²) in [5.74, 6) is -2.28. The molecule has 2 fully saturated rings. The topological polar surface area (TPSA) is 137 Å². The third kappa shape index (κ3) is 7.49. The van der Waals surface area contributed by atoms with Crippen molar-refractivity contribution in [3.8, 4) is 11.5 Å². The van der Waals surface area contributed by atoms with Crippen molar-refractivity contribution in [2.24, 2.45) is 0 Å². The van der Waals surface area contributed by atoms with E-state index < -0.39 is 35.7 Å². The molecule has 12 heteroatoms. The summed E-state index contributed by atoms with van der Waals surface area (Å²) in [6.45, 7) is 3.41. The first-order valence-corrected chi connectivity index (χ1v) is 15.0. The lowest BCUT2D eigenvalue weighted by Crippen LogP contribution is -2.52. The molecule has 2 aliphatic rings. The number of aliphatic hydroxyl groups excluding tert-OH is 2. The van der Waals surface area contributed by atoms with Crippen molar-refractivity contribution < 1.29 is 37.7 Å². The van der Waals surface area contributed by atoms with Crippen LogP contribution in [-0.4, -0.2) is 88.5 Å². The minimum atomic E-state index is -1.13. The van der Waals surface area contributed by atoms with Crippen molar-refractivity contribution in [1.29, 1.82) is 0 Å². The van der Waals surface area contributed by atoms with Crippen LogP contribution in [-0.2, 0) is 11.2 Å². The predicted octanol–water partition coefficient (Wildman–Crippen LogP) is 3.08. The lowest BCUT2D eigenvalue weighted by molar-refractivity contribution is 0.0514. The van der Waals surface area contributed by atoms with Gasteiger partial charge in [0.05, 0.1) is 37.1 Å². The maximum absolute atomic E-state index is 14.1. The number of halogens is 2. The highest BCUT2D eigenvalue weighted by Gasteiger charge is 2.36. The molecule has 5 rings (SSSR count). The van der Waals surface area contributed by atoms with Crippen LogP contribution in [0.2, 0.25) is 0 Å². The van der Waals surface area contributed by atoms with Gasteiger partial charge in [-0.1, -0.05) is 6.92 Å². The average Bonchev–Trinajstić information content (AvgIpc) is 3.80. The van der Waals surface area contributed by atoms with Crippen molar-refractivity contribution in [1.82, 2.24) is 20.5 Å². The normalized spacial score (nSPS) is 21.4. The van der Waals surface area contributed by atoms with Crippen molar-refractivity contribution in [2.75, 3.05) is 26.3 Å². The Bertz CT molecular complexity index is 1420. The quantitative estimate of drug-likeness (QED) is 0.245. The fraction of sp³-hybridized carbons (Fsp3) is 0.469. The Kier molecular flexibility index (Phi) is 10.4. The summed E-state index contributed by atoms with van der Waals surface area (Å²) in [6.07, 6.45) is 4.29. The van der Waals surface area contributed by atoms with Crippen LogP contribution >= 0.6 is 0 Å². The number of benzene rings is 2. The minimum absolute atomic E-state index is 0.0581. The van der Waals surface area contributed by atoms with Crippen LogP contribution in [0, 0.1) is 11.6 Å². The van der Waals surface area contributed by atoms with Crippen LogP contribution < -0.4 is 10.6 Å². The van der Waals surface area contributed by atoms with E-state index in [2.05, 4.69) is 15.6 Å². The van der Waals surface area contributed by atoms with Crippen molar-refractivity contribution in [3.05, 3.63) is 77.2 Å². The van der Waals surface area contributed by atoms with Crippen molar-refractivity contribution in [3.63, 3.8) is 0 Å². The lowest BCUT2D eigenvalue weighted by Gasteiger charge is -2.29. The maximum Gasteiger partial charge on any atom is 0.254 e. The van der Waals surface area contributed by atoms with Gasteiger partial charge in [-0.3, -0.25) is 9.59 Å². The molecule has 0 aliphatic carbocycles. The van der Waals surface area contributed by atoms with E-state index in [1.165, 1.54) is 24.6 Å². The van der Waals surface area contributed by atoms with Crippen LogP contribution in [0.4, 0.5) is 8.78 Å². The van der Waals surface area contributed by atoms with E-state index in [4.69, 9.17) is 9.15 Å². The molecule has 3 aromatic rings. The number of nitrogens with one attached hydrogen (secondary N) is 2. The summed E-state index contributed by atoms with van der Waals surface area (Å²) in [5.41, 5.74) is 0.972. The number of rotatable bonds is 12. The standard InChI is InChI=1S/C32H38F2N4O6/c1-2-7-43-26-16-27(36-17-26)29(40)28(11-19-9-23(33)15-24(34)10-19)37-30(41)20-12-21(31-35-5-8-44-31)14-22(13-20)32(42)38-6-3-4-25(38)18-39/h5,8-10,12-15,25-29,36,39-40H,2-4,6-7,11,16-18H2,1H3,(H,37,41)/t25-,26-,27-,28+,29-/m1/s1. The van der Waals surface area contributed by atoms with Crippen LogP contribution in [0.1, 0.15) is 58.9 Å². The monoisotopic (exact) mass is 612 g/mol. The summed E-state index contributed by atoms with van der Waals surface area (Å²) < 4.78 is 39.4. The van der Waals surface area contributed by atoms with Crippen molar-refractivity contribution >= 4 is 11.8 Å². The minimum Gasteiger partial charge on any atom is -0.445 e. The van der Waals surface area contributed by atoms with Gasteiger partial charge in [-0.15, -0.1) is 0 Å². The van der Waals surface area contributed by atoms with Gasteiger partial charge in [-0.2, -0.15) is 0 Å². The number of nitrogens with zero attached hydrogens (tertiary/aromatic N) is 2. The Morgan fingerprint density at radius 2 is 1.95 bits per heavy atom. The molecule has 4 N–H and O–H groups in total. The summed E-state index contributed by atoms with van der Waals surface area (Å²) in [5, 5.41) is 27.3. The molecule has 236 valence electrons. The molecule has 0 spiro atoms. The van der Waals surface area contributed by atoms with E-state index in [0.29, 0.717) is 38.1 Å². The third-order valence-corrected chi connectivity index (χ3v) is 8.17. The molecular weight excluding hydrogens is 574 g/mol. The molecule has 0 unspecified atom stereocenters. The zero-order valence-electron chi connectivity index (χ0n) is 24.5. The van der Waals surface area contributed by atoms with Crippen LogP contribution in [0.15, 0.2) is 53.3 Å². The number of hydrogen-bond donors (Lipinski definition) is 4. The first-order valence-electron chi connectivity index (χ1n) is 15.0. The first kappa shape index (κ1) is 31.7. The number of aliphatic hydroxyl groups is 2. The van der Waals surface area contributed by atoms with Gasteiger partial charge < -0.3 is 34.9 Å². The molecule has 2 amide bonds. The van der Waals surface area contributed by atoms with Gasteiger partial charge in [-0.25, -0.2) is 13.8 Å². The summed E-state index contributed by atoms with van der Waals surface area (Å²) in [6, 6.07) is 5.93. The van der Waals surface area contributed by atoms with E-state index in [1.807, 2.05) is 6.92 Å². The molecule has 44 heavy (non-hydrogen) atoms. The number of amides is 2. The molecular formula is C32H38F2N4O6. The lowest BCUT2D eigenvalue weighted by atomic mass is 9.94. The number of likely N-dealkylation sites (tertiary alicyclic amines) is 1. The fourth-order valence-electron chi connectivity index (χ4n) is 6.01. The second kappa shape index (κ2) is 14.4. The Hall–Kier alpha value is -3.71. The largest absolute Gasteiger partial charge is 0.445 e. The highest BCUT2D eigenvalue weighted by molar-refractivity contribution is 6.01. The second-order valence-electron chi connectivity index (χ2n) is 11.4. The van der Waals surface area contributed by atoms with Gasteiger partial charge in [0, 0.05) is 48.5 Å². The number of carbonyl (C=O) groups excluding carboxylic acids is 2. The molecule has 10 nitrogen and oxygen atoms in total. The van der Waals surface area contributed by atoms with Crippen molar-refractivity contribution in [2.45, 2.75) is 69.4 Å². The van der Waals surface area contributed by atoms with E-state index in [1.54, 1.807) is 11.0 Å². The molecule has 0 saturated carbocycles. The number of aromatic nitrogens is 1. The second-order valence-corrected chi connectivity index (χ2v) is 11.4. The molecule has 0 radical (unpaired) electrons. The zero-order valence-corrected chi connectivity index (χ0v) is 24.5. The van der Waals surface area contributed by atoms with Gasteiger partial charge in [0.1, 0.15) is 17.9 Å². The number of ether oxygens (including phenoxy) is 1. The third-order valence-electron chi connectivity index (χ3n) is 8.17. The highest BCUT2D eigenvalue weighted by Crippen LogP contribution is 2.26. The molecule has 1 aromatic heterocycles. The number of carbonyl (C=O) groups is 2. The van der Waals surface area contributed by atoms with Crippen LogP contribution in [0.3, 0.4) is 0 Å². The number of hydrogen-bond acceptors (Lipinski definition) is 8.